The summed E-state index contributed by atoms with van der Waals surface area (Å²) in [6.45, 7) is 7.96. The molecule has 0 aliphatic rings. The fraction of sp³-hybridized carbons (Fsp3) is 0.538. The topological polar surface area (TPSA) is 75.9 Å². The second kappa shape index (κ2) is 12.2. The number of ether oxygens (including phenoxy) is 1. The van der Waals surface area contributed by atoms with Gasteiger partial charge in [-0.05, 0) is 61.9 Å². The van der Waals surface area contributed by atoms with Crippen molar-refractivity contribution in [3.05, 3.63) is 42.2 Å². The number of nitriles is 1. The molecule has 0 spiro atoms. The Balaban J connectivity index is 1.95. The molecule has 2 aromatic rings. The van der Waals surface area contributed by atoms with Crippen LogP contribution in [0.15, 0.2) is 36.7 Å². The Labute approximate surface area is 186 Å². The van der Waals surface area contributed by atoms with Gasteiger partial charge in [0.25, 0.3) is 0 Å². The van der Waals surface area contributed by atoms with E-state index in [0.29, 0.717) is 18.0 Å². The molecule has 0 saturated carbocycles. The summed E-state index contributed by atoms with van der Waals surface area (Å²) in [5.74, 6) is 0.827. The lowest BCUT2D eigenvalue weighted by Gasteiger charge is -2.22. The first kappa shape index (κ1) is 24.5. The lowest BCUT2D eigenvalue weighted by molar-refractivity contribution is -0.142. The summed E-state index contributed by atoms with van der Waals surface area (Å²) in [6, 6.07) is 9.25. The number of aromatic nitrogens is 2. The third-order valence-electron chi connectivity index (χ3n) is 5.75. The van der Waals surface area contributed by atoms with E-state index < -0.39 is 11.4 Å². The quantitative estimate of drug-likeness (QED) is 0.221. The number of hydrogen-bond donors (Lipinski definition) is 0. The molecule has 0 saturated heterocycles. The Morgan fingerprint density at radius 1 is 1.10 bits per heavy atom. The molecular weight excluding hydrogens is 386 g/mol. The first-order chi connectivity index (χ1) is 14.9. The lowest BCUT2D eigenvalue weighted by Crippen LogP contribution is -2.32. The maximum atomic E-state index is 12.6. The summed E-state index contributed by atoms with van der Waals surface area (Å²) in [6.07, 6.45) is 12.4. The van der Waals surface area contributed by atoms with Gasteiger partial charge in [-0.3, -0.25) is 0 Å². The van der Waals surface area contributed by atoms with Crippen LogP contribution < -0.4 is 4.74 Å². The maximum absolute atomic E-state index is 12.6. The third kappa shape index (κ3) is 7.47. The number of benzene rings is 1. The van der Waals surface area contributed by atoms with Gasteiger partial charge in [0.1, 0.15) is 5.75 Å². The van der Waals surface area contributed by atoms with Crippen LogP contribution in [0.4, 0.5) is 0 Å². The summed E-state index contributed by atoms with van der Waals surface area (Å²) in [4.78, 5) is 21.6. The minimum absolute atomic E-state index is 0.274. The van der Waals surface area contributed by atoms with Crippen molar-refractivity contribution in [3.63, 3.8) is 0 Å². The molecule has 0 aliphatic carbocycles. The molecule has 1 aromatic carbocycles. The molecule has 0 aliphatic heterocycles. The molecule has 31 heavy (non-hydrogen) atoms. The molecule has 0 amide bonds. The molecule has 5 heteroatoms. The predicted octanol–water partition coefficient (Wildman–Crippen LogP) is 6.53. The number of aryl methyl sites for hydroxylation is 1. The highest BCUT2D eigenvalue weighted by atomic mass is 16.5. The van der Waals surface area contributed by atoms with Gasteiger partial charge in [-0.15, -0.1) is 0 Å². The predicted molar refractivity (Wildman–Crippen MR) is 123 cm³/mol. The van der Waals surface area contributed by atoms with Crippen LogP contribution in [0.2, 0.25) is 0 Å². The number of carbonyl (C=O) groups is 1. The molecule has 1 heterocycles. The van der Waals surface area contributed by atoms with Crippen LogP contribution in [-0.2, 0) is 11.2 Å². The first-order valence-electron chi connectivity index (χ1n) is 11.5. The average Bonchev–Trinajstić information content (AvgIpc) is 2.79. The van der Waals surface area contributed by atoms with E-state index in [9.17, 15) is 10.1 Å². The van der Waals surface area contributed by atoms with Gasteiger partial charge in [0.2, 0.25) is 0 Å². The fourth-order valence-electron chi connectivity index (χ4n) is 3.47. The first-order valence-corrected chi connectivity index (χ1v) is 11.5. The molecule has 0 N–H and O–H groups in total. The minimum Gasteiger partial charge on any atom is -0.425 e. The van der Waals surface area contributed by atoms with Crippen molar-refractivity contribution in [2.24, 2.45) is 11.3 Å². The number of carbonyl (C=O) groups excluding carboxylic acids is 1. The van der Waals surface area contributed by atoms with E-state index in [1.807, 2.05) is 31.5 Å². The van der Waals surface area contributed by atoms with Crippen molar-refractivity contribution < 1.29 is 9.53 Å². The number of unbranched alkanes of at least 4 members (excludes halogenated alkanes) is 4. The van der Waals surface area contributed by atoms with E-state index in [0.717, 1.165) is 24.0 Å². The van der Waals surface area contributed by atoms with Crippen molar-refractivity contribution in [1.29, 1.82) is 5.26 Å². The van der Waals surface area contributed by atoms with Crippen molar-refractivity contribution in [2.75, 3.05) is 0 Å². The average molecular weight is 422 g/mol. The molecule has 166 valence electrons. The van der Waals surface area contributed by atoms with Gasteiger partial charge in [-0.2, -0.15) is 5.26 Å². The molecule has 1 aromatic heterocycles. The molecular formula is C26H35N3O2. The van der Waals surface area contributed by atoms with Crippen molar-refractivity contribution in [1.82, 2.24) is 9.97 Å². The van der Waals surface area contributed by atoms with Crippen LogP contribution in [0.25, 0.3) is 11.4 Å². The highest BCUT2D eigenvalue weighted by molar-refractivity contribution is 5.81. The number of hydrogen-bond acceptors (Lipinski definition) is 5. The summed E-state index contributed by atoms with van der Waals surface area (Å²) in [5.41, 5.74) is 0.865. The molecule has 0 fully saturated rings. The second-order valence-corrected chi connectivity index (χ2v) is 8.65. The van der Waals surface area contributed by atoms with Gasteiger partial charge in [-0.1, -0.05) is 52.9 Å². The van der Waals surface area contributed by atoms with Gasteiger partial charge >= 0.3 is 5.97 Å². The van der Waals surface area contributed by atoms with Gasteiger partial charge in [0.05, 0.1) is 6.07 Å². The second-order valence-electron chi connectivity index (χ2n) is 8.65. The van der Waals surface area contributed by atoms with Crippen LogP contribution in [0.3, 0.4) is 0 Å². The van der Waals surface area contributed by atoms with E-state index in [-0.39, 0.29) is 5.92 Å². The van der Waals surface area contributed by atoms with Crippen molar-refractivity contribution in [2.45, 2.75) is 79.1 Å². The van der Waals surface area contributed by atoms with Crippen molar-refractivity contribution >= 4 is 5.97 Å². The van der Waals surface area contributed by atoms with Crippen LogP contribution >= 0.6 is 0 Å². The number of rotatable bonds is 12. The van der Waals surface area contributed by atoms with Gasteiger partial charge in [0.15, 0.2) is 11.2 Å². The van der Waals surface area contributed by atoms with E-state index in [4.69, 9.17) is 4.74 Å². The van der Waals surface area contributed by atoms with Crippen LogP contribution in [0, 0.1) is 22.7 Å². The monoisotopic (exact) mass is 421 g/mol. The summed E-state index contributed by atoms with van der Waals surface area (Å²) in [5, 5.41) is 9.52. The maximum Gasteiger partial charge on any atom is 0.331 e. The molecule has 2 unspecified atom stereocenters. The Morgan fingerprint density at radius 2 is 1.74 bits per heavy atom. The number of nitrogens with zero attached hydrogens (tertiary/aromatic N) is 3. The van der Waals surface area contributed by atoms with Gasteiger partial charge < -0.3 is 4.74 Å². The smallest absolute Gasteiger partial charge is 0.331 e. The highest BCUT2D eigenvalue weighted by Crippen LogP contribution is 2.30. The molecule has 5 nitrogen and oxygen atoms in total. The minimum atomic E-state index is -1.15. The standard InChI is InChI=1S/C26H35N3O2/c1-5-7-8-9-10-11-21-17-28-24(29-18-21)22-12-14-23(15-13-22)31-25(30)26(4,19-27)16-20(3)6-2/h12-15,17-18,20H,5-11,16H2,1-4H3. The van der Waals surface area contributed by atoms with E-state index in [1.165, 1.54) is 32.1 Å². The largest absolute Gasteiger partial charge is 0.425 e. The van der Waals surface area contributed by atoms with Crippen LogP contribution in [0.1, 0.15) is 78.2 Å². The molecule has 0 bridgehead atoms. The Hall–Kier alpha value is -2.74. The third-order valence-corrected chi connectivity index (χ3v) is 5.75. The van der Waals surface area contributed by atoms with Crippen LogP contribution in [-0.4, -0.2) is 15.9 Å². The van der Waals surface area contributed by atoms with E-state index in [1.54, 1.807) is 19.1 Å². The normalized spacial score (nSPS) is 13.8. The van der Waals surface area contributed by atoms with Gasteiger partial charge in [0, 0.05) is 18.0 Å². The summed E-state index contributed by atoms with van der Waals surface area (Å²) >= 11 is 0. The molecule has 0 radical (unpaired) electrons. The highest BCUT2D eigenvalue weighted by Gasteiger charge is 2.36. The summed E-state index contributed by atoms with van der Waals surface area (Å²) in [7, 11) is 0. The van der Waals surface area contributed by atoms with Gasteiger partial charge in [-0.25, -0.2) is 14.8 Å². The van der Waals surface area contributed by atoms with E-state index >= 15 is 0 Å². The molecule has 2 atom stereocenters. The number of esters is 1. The summed E-state index contributed by atoms with van der Waals surface area (Å²) < 4.78 is 5.50. The zero-order valence-corrected chi connectivity index (χ0v) is 19.4. The Morgan fingerprint density at radius 3 is 2.32 bits per heavy atom. The van der Waals surface area contributed by atoms with E-state index in [2.05, 4.69) is 29.9 Å². The Bertz CT molecular complexity index is 856. The molecule has 2 rings (SSSR count). The SMILES string of the molecule is CCCCCCCc1cnc(-c2ccc(OC(=O)C(C)(C#N)CC(C)CC)cc2)nc1. The van der Waals surface area contributed by atoms with Crippen LogP contribution in [0.5, 0.6) is 5.75 Å². The lowest BCUT2D eigenvalue weighted by atomic mass is 9.82. The zero-order valence-electron chi connectivity index (χ0n) is 19.4. The fourth-order valence-corrected chi connectivity index (χ4v) is 3.47. The van der Waals surface area contributed by atoms with Crippen molar-refractivity contribution in [3.8, 4) is 23.2 Å². The Kier molecular flexibility index (Phi) is 9.65. The zero-order chi connectivity index (χ0) is 22.7.